The number of anilines is 2. The Morgan fingerprint density at radius 3 is 2.36 bits per heavy atom. The Hall–Kier alpha value is -5.45. The summed E-state index contributed by atoms with van der Waals surface area (Å²) in [5.41, 5.74) is 3.68. The Balaban J connectivity index is 1.33. The number of hydrazine groups is 1. The highest BCUT2D eigenvalue weighted by atomic mass is 35.5. The Bertz CT molecular complexity index is 2260. The minimum Gasteiger partial charge on any atom is -0.505 e. The molecule has 0 unspecified atom stereocenters. The number of fused-ring (bicyclic) bond motifs is 4. The molecule has 8 rings (SSSR count). The molecule has 2 N–H and O–H groups in total. The summed E-state index contributed by atoms with van der Waals surface area (Å²) in [7, 11) is 1.50. The number of nitrogens with zero attached hydrogens (tertiary/aromatic N) is 2. The molecular weight excluding hydrogens is 720 g/mol. The van der Waals surface area contributed by atoms with Gasteiger partial charge in [0.05, 0.1) is 46.7 Å². The number of para-hydroxylation sites is 1. The molecule has 2 saturated heterocycles. The van der Waals surface area contributed by atoms with Crippen LogP contribution in [0.2, 0.25) is 10.0 Å². The largest absolute Gasteiger partial charge is 0.505 e. The fraction of sp³-hybridized carbons (Fsp3) is 0.220. The number of hydrogen-bond donors (Lipinski definition) is 2. The molecule has 6 atom stereocenters. The predicted octanol–water partition coefficient (Wildman–Crippen LogP) is 7.68. The average Bonchev–Trinajstić information content (AvgIpc) is 3.54. The van der Waals surface area contributed by atoms with Gasteiger partial charge in [-0.25, -0.2) is 4.39 Å². The maximum Gasteiger partial charge on any atom is 0.260 e. The fourth-order valence-corrected chi connectivity index (χ4v) is 9.42. The van der Waals surface area contributed by atoms with Gasteiger partial charge in [-0.3, -0.25) is 29.5 Å². The first-order valence-corrected chi connectivity index (χ1v) is 17.8. The Labute approximate surface area is 314 Å². The van der Waals surface area contributed by atoms with Crippen LogP contribution in [0.15, 0.2) is 103 Å². The quantitative estimate of drug-likeness (QED) is 0.147. The molecule has 1 saturated carbocycles. The molecule has 2 heterocycles. The van der Waals surface area contributed by atoms with E-state index in [0.717, 1.165) is 16.6 Å². The van der Waals surface area contributed by atoms with Gasteiger partial charge in [-0.2, -0.15) is 5.01 Å². The molecule has 53 heavy (non-hydrogen) atoms. The summed E-state index contributed by atoms with van der Waals surface area (Å²) in [5.74, 6) is -7.80. The van der Waals surface area contributed by atoms with Crippen LogP contribution in [0.3, 0.4) is 0 Å². The first-order valence-electron chi connectivity index (χ1n) is 17.0. The number of phenols is 1. The molecule has 268 valence electrons. The normalized spacial score (nSPS) is 26.2. The number of ether oxygens (including phenoxy) is 1. The monoisotopic (exact) mass is 751 g/mol. The van der Waals surface area contributed by atoms with Crippen molar-refractivity contribution in [3.05, 3.63) is 136 Å². The van der Waals surface area contributed by atoms with E-state index >= 15 is 9.18 Å². The van der Waals surface area contributed by atoms with Gasteiger partial charge in [-0.15, -0.1) is 0 Å². The Kier molecular flexibility index (Phi) is 8.42. The number of imide groups is 2. The SMILES string of the molecule is C=Cc1ccc(N2C(=O)[C@H]3[C@H](CC=C4[C@H]3C[C@H]3C(=O)N(Nc5ccc(Cl)cc5Cl)C(=O)[C@@]3(c3ccc(OC)cc3)[C@H]4c3cccc(F)c3O)C2=O)cc1. The number of phenolic OH excluding ortho intramolecular Hbond substituents is 1. The topological polar surface area (TPSA) is 116 Å². The summed E-state index contributed by atoms with van der Waals surface area (Å²) in [6.07, 6.45) is 3.65. The summed E-state index contributed by atoms with van der Waals surface area (Å²) >= 11 is 12.6. The number of methoxy groups -OCH3 is 1. The van der Waals surface area contributed by atoms with Crippen molar-refractivity contribution in [2.24, 2.45) is 23.7 Å². The van der Waals surface area contributed by atoms with Crippen molar-refractivity contribution in [1.82, 2.24) is 5.01 Å². The van der Waals surface area contributed by atoms with Gasteiger partial charge < -0.3 is 9.84 Å². The molecule has 9 nitrogen and oxygen atoms in total. The van der Waals surface area contributed by atoms with Gasteiger partial charge in [0, 0.05) is 16.5 Å². The van der Waals surface area contributed by atoms with Gasteiger partial charge in [0.25, 0.3) is 11.8 Å². The molecule has 4 aromatic rings. The van der Waals surface area contributed by atoms with Crippen LogP contribution in [0.4, 0.5) is 15.8 Å². The van der Waals surface area contributed by atoms with Crippen LogP contribution in [0, 0.1) is 29.5 Å². The Morgan fingerprint density at radius 2 is 1.68 bits per heavy atom. The molecule has 4 aromatic carbocycles. The standard InChI is InChI=1S/C41H32Cl2FN3O6/c1-3-21-7-12-24(13-8-21)46-37(49)27-17-16-26-29(34(27)39(46)51)20-30-38(50)47(45-33-18-11-23(42)19-31(33)43)40(52)41(30,22-9-14-25(53-2)15-10-22)35(26)28-5-4-6-32(44)36(28)48/h3-16,18-19,27,29-30,34-35,45,48H,1,17,20H2,2H3/t27-,29+,30-,34-,35+,41+/m0/s1. The van der Waals surface area contributed by atoms with E-state index in [9.17, 15) is 19.5 Å². The molecule has 3 fully saturated rings. The summed E-state index contributed by atoms with van der Waals surface area (Å²) in [4.78, 5) is 59.8. The van der Waals surface area contributed by atoms with E-state index in [0.29, 0.717) is 27.6 Å². The number of allylic oxidation sites excluding steroid dienone is 2. The van der Waals surface area contributed by atoms with E-state index in [4.69, 9.17) is 27.9 Å². The van der Waals surface area contributed by atoms with E-state index in [2.05, 4.69) is 12.0 Å². The van der Waals surface area contributed by atoms with Crippen LogP contribution in [-0.4, -0.2) is 40.9 Å². The molecule has 0 bridgehead atoms. The van der Waals surface area contributed by atoms with Gasteiger partial charge in [0.15, 0.2) is 11.6 Å². The number of nitrogens with one attached hydrogen (secondary N) is 1. The maximum atomic E-state index is 15.4. The van der Waals surface area contributed by atoms with Crippen LogP contribution in [-0.2, 0) is 24.6 Å². The number of carbonyl (C=O) groups excluding carboxylic acids is 4. The second kappa shape index (κ2) is 12.9. The van der Waals surface area contributed by atoms with Crippen molar-refractivity contribution in [1.29, 1.82) is 0 Å². The van der Waals surface area contributed by atoms with E-state index in [1.54, 1.807) is 60.7 Å². The molecule has 0 spiro atoms. The molecule has 4 amide bonds. The zero-order chi connectivity index (χ0) is 37.3. The van der Waals surface area contributed by atoms with Crippen molar-refractivity contribution in [3.8, 4) is 11.5 Å². The third-order valence-electron chi connectivity index (χ3n) is 11.3. The summed E-state index contributed by atoms with van der Waals surface area (Å²) in [6, 6.07) is 22.2. The van der Waals surface area contributed by atoms with Crippen molar-refractivity contribution >= 4 is 64.3 Å². The number of carbonyl (C=O) groups is 4. The molecule has 0 aromatic heterocycles. The van der Waals surface area contributed by atoms with Gasteiger partial charge >= 0.3 is 0 Å². The molecular formula is C41H32Cl2FN3O6. The lowest BCUT2D eigenvalue weighted by Gasteiger charge is -2.50. The van der Waals surface area contributed by atoms with Crippen LogP contribution < -0.4 is 15.1 Å². The van der Waals surface area contributed by atoms with E-state index in [1.807, 2.05) is 6.08 Å². The minimum atomic E-state index is -1.75. The summed E-state index contributed by atoms with van der Waals surface area (Å²) in [5, 5.41) is 12.8. The van der Waals surface area contributed by atoms with Gasteiger partial charge in [-0.1, -0.05) is 83.9 Å². The average molecular weight is 753 g/mol. The van der Waals surface area contributed by atoms with Crippen LogP contribution in [0.5, 0.6) is 11.5 Å². The van der Waals surface area contributed by atoms with Crippen molar-refractivity contribution in [3.63, 3.8) is 0 Å². The van der Waals surface area contributed by atoms with Crippen LogP contribution in [0.1, 0.15) is 35.4 Å². The van der Waals surface area contributed by atoms with E-state index in [1.165, 1.54) is 36.3 Å². The lowest BCUT2D eigenvalue weighted by Crippen LogP contribution is -2.53. The highest BCUT2D eigenvalue weighted by Crippen LogP contribution is 2.65. The first-order chi connectivity index (χ1) is 25.5. The zero-order valence-electron chi connectivity index (χ0n) is 28.3. The molecule has 0 radical (unpaired) electrons. The third kappa shape index (κ3) is 5.10. The number of benzene rings is 4. The highest BCUT2D eigenvalue weighted by molar-refractivity contribution is 6.36. The minimum absolute atomic E-state index is 0.00493. The summed E-state index contributed by atoms with van der Waals surface area (Å²) in [6.45, 7) is 3.77. The second-order valence-electron chi connectivity index (χ2n) is 13.7. The zero-order valence-corrected chi connectivity index (χ0v) is 29.8. The second-order valence-corrected chi connectivity index (χ2v) is 14.5. The van der Waals surface area contributed by atoms with Crippen molar-refractivity contribution < 1.29 is 33.4 Å². The van der Waals surface area contributed by atoms with Gasteiger partial charge in [-0.05, 0) is 78.4 Å². The Morgan fingerprint density at radius 1 is 0.943 bits per heavy atom. The summed E-state index contributed by atoms with van der Waals surface area (Å²) < 4.78 is 20.8. The molecule has 12 heteroatoms. The number of rotatable bonds is 7. The molecule has 2 aliphatic carbocycles. The lowest BCUT2D eigenvalue weighted by atomic mass is 9.49. The van der Waals surface area contributed by atoms with Crippen LogP contribution >= 0.6 is 23.2 Å². The third-order valence-corrected chi connectivity index (χ3v) is 11.8. The maximum absolute atomic E-state index is 15.4. The number of aromatic hydroxyl groups is 1. The first kappa shape index (κ1) is 34.6. The van der Waals surface area contributed by atoms with Gasteiger partial charge in [0.2, 0.25) is 11.8 Å². The number of hydrogen-bond acceptors (Lipinski definition) is 7. The number of halogens is 3. The van der Waals surface area contributed by atoms with E-state index in [-0.39, 0.29) is 35.0 Å². The fourth-order valence-electron chi connectivity index (χ4n) is 8.97. The molecule has 4 aliphatic rings. The lowest BCUT2D eigenvalue weighted by molar-refractivity contribution is -0.138. The smallest absolute Gasteiger partial charge is 0.260 e. The number of amides is 4. The predicted molar refractivity (Wildman–Crippen MR) is 198 cm³/mol. The van der Waals surface area contributed by atoms with Crippen molar-refractivity contribution in [2.45, 2.75) is 24.2 Å². The molecule has 2 aliphatic heterocycles. The highest BCUT2D eigenvalue weighted by Gasteiger charge is 2.70. The van der Waals surface area contributed by atoms with Gasteiger partial charge in [0.1, 0.15) is 5.75 Å². The van der Waals surface area contributed by atoms with Crippen LogP contribution in [0.25, 0.3) is 6.08 Å². The van der Waals surface area contributed by atoms with E-state index < -0.39 is 64.3 Å². The van der Waals surface area contributed by atoms with Crippen molar-refractivity contribution in [2.75, 3.05) is 17.4 Å².